The second kappa shape index (κ2) is 3.90. The quantitative estimate of drug-likeness (QED) is 0.553. The predicted octanol–water partition coefficient (Wildman–Crippen LogP) is -0.697. The number of halogens is 2. The number of hydrogen-bond acceptors (Lipinski definition) is 7. The lowest BCUT2D eigenvalue weighted by atomic mass is 10.1. The number of nitrogens with zero attached hydrogens (tertiary/aromatic N) is 4. The van der Waals surface area contributed by atoms with Gasteiger partial charge in [0.15, 0.2) is 11.7 Å². The smallest absolute Gasteiger partial charge is 0.318 e. The Morgan fingerprint density at radius 2 is 2.15 bits per heavy atom. The zero-order chi connectivity index (χ0) is 14.7. The van der Waals surface area contributed by atoms with E-state index in [1.807, 2.05) is 0 Å². The molecular formula is C10H9F2N5O3. The Kier molecular flexibility index (Phi) is 2.50. The molecule has 0 saturated carbocycles. The van der Waals surface area contributed by atoms with E-state index in [9.17, 15) is 19.0 Å². The van der Waals surface area contributed by atoms with Crippen LogP contribution in [-0.2, 0) is 4.74 Å². The van der Waals surface area contributed by atoms with Crippen molar-refractivity contribution < 1.29 is 23.7 Å². The maximum Gasteiger partial charge on any atom is 0.318 e. The van der Waals surface area contributed by atoms with Crippen molar-refractivity contribution in [2.75, 3.05) is 0 Å². The highest BCUT2D eigenvalue weighted by Gasteiger charge is 2.55. The number of rotatable bonds is 1. The predicted molar refractivity (Wildman–Crippen MR) is 63.9 cm³/mol. The molecule has 10 heteroatoms. The number of aliphatic imine (C=N–C) groups is 3. The lowest BCUT2D eigenvalue weighted by molar-refractivity contribution is -0.0139. The molecule has 0 aromatic heterocycles. The summed E-state index contributed by atoms with van der Waals surface area (Å²) in [5.41, 5.74) is 0. The van der Waals surface area contributed by atoms with E-state index in [0.717, 1.165) is 11.2 Å². The van der Waals surface area contributed by atoms with Gasteiger partial charge in [-0.1, -0.05) is 6.58 Å². The highest BCUT2D eigenvalue weighted by molar-refractivity contribution is 6.24. The summed E-state index contributed by atoms with van der Waals surface area (Å²) in [4.78, 5) is 10.5. The van der Waals surface area contributed by atoms with Gasteiger partial charge in [-0.2, -0.15) is 18.8 Å². The van der Waals surface area contributed by atoms with Gasteiger partial charge in [0, 0.05) is 0 Å². The van der Waals surface area contributed by atoms with Crippen LogP contribution >= 0.6 is 0 Å². The first-order chi connectivity index (χ1) is 9.34. The van der Waals surface area contributed by atoms with Gasteiger partial charge in [-0.15, -0.1) is 0 Å². The molecule has 1 fully saturated rings. The van der Waals surface area contributed by atoms with E-state index in [4.69, 9.17) is 10.1 Å². The highest BCUT2D eigenvalue weighted by Crippen LogP contribution is 2.34. The molecule has 8 nitrogen and oxygen atoms in total. The Labute approximate surface area is 110 Å². The van der Waals surface area contributed by atoms with E-state index < -0.39 is 42.0 Å². The van der Waals surface area contributed by atoms with Crippen LogP contribution in [0.4, 0.5) is 8.78 Å². The average Bonchev–Trinajstić information content (AvgIpc) is 2.84. The third kappa shape index (κ3) is 1.51. The van der Waals surface area contributed by atoms with Crippen molar-refractivity contribution in [1.29, 1.82) is 5.41 Å². The van der Waals surface area contributed by atoms with Gasteiger partial charge in [-0.3, -0.25) is 10.3 Å². The summed E-state index contributed by atoms with van der Waals surface area (Å²) in [7, 11) is 0. The van der Waals surface area contributed by atoms with Crippen LogP contribution in [0.25, 0.3) is 0 Å². The van der Waals surface area contributed by atoms with Gasteiger partial charge in [0.2, 0.25) is 6.23 Å². The Morgan fingerprint density at radius 1 is 1.45 bits per heavy atom. The standard InChI is InChI=1S/C10H9F2N5O3/c1-3-4(18)5(19)6(20-3)17-2-14-10(12)7(13)15-9(11)16-8(10)17/h2,4-6,13,18-19H,1H2/t4-,5-,6-,10?/m1/s1. The zero-order valence-electron chi connectivity index (χ0n) is 9.86. The number of aliphatic hydroxyl groups is 2. The van der Waals surface area contributed by atoms with Gasteiger partial charge >= 0.3 is 11.9 Å². The fraction of sp³-hybridized carbons (Fsp3) is 0.400. The molecule has 3 heterocycles. The molecule has 3 N–H and O–H groups in total. The number of hydrogen-bond donors (Lipinski definition) is 3. The number of fused-ring (bicyclic) bond motifs is 1. The molecule has 106 valence electrons. The van der Waals surface area contributed by atoms with E-state index >= 15 is 0 Å². The fourth-order valence-electron chi connectivity index (χ4n) is 2.05. The molecule has 20 heavy (non-hydrogen) atoms. The minimum Gasteiger partial charge on any atom is -0.469 e. The van der Waals surface area contributed by atoms with Gasteiger partial charge in [0.05, 0.1) is 6.34 Å². The third-order valence-electron chi connectivity index (χ3n) is 3.11. The lowest BCUT2D eigenvalue weighted by Crippen LogP contribution is -2.52. The molecule has 0 aromatic carbocycles. The largest absolute Gasteiger partial charge is 0.469 e. The van der Waals surface area contributed by atoms with E-state index in [2.05, 4.69) is 21.6 Å². The molecule has 3 aliphatic heterocycles. The first-order valence-corrected chi connectivity index (χ1v) is 5.51. The van der Waals surface area contributed by atoms with Crippen LogP contribution in [0.1, 0.15) is 0 Å². The minimum atomic E-state index is -2.73. The molecule has 1 unspecified atom stereocenters. The summed E-state index contributed by atoms with van der Waals surface area (Å²) >= 11 is 0. The molecule has 0 aromatic rings. The molecule has 0 radical (unpaired) electrons. The molecule has 0 aliphatic carbocycles. The number of alkyl halides is 1. The number of nitrogens with one attached hydrogen (secondary N) is 1. The minimum absolute atomic E-state index is 0.118. The average molecular weight is 285 g/mol. The topological polar surface area (TPSA) is 114 Å². The maximum atomic E-state index is 14.5. The molecule has 3 rings (SSSR count). The highest BCUT2D eigenvalue weighted by atomic mass is 19.1. The van der Waals surface area contributed by atoms with Crippen LogP contribution in [0.3, 0.4) is 0 Å². The Hall–Kier alpha value is -2.20. The first-order valence-electron chi connectivity index (χ1n) is 5.51. The van der Waals surface area contributed by atoms with Gasteiger partial charge in [-0.25, -0.2) is 4.99 Å². The Morgan fingerprint density at radius 3 is 2.75 bits per heavy atom. The second-order valence-corrected chi connectivity index (χ2v) is 4.35. The summed E-state index contributed by atoms with van der Waals surface area (Å²) in [6.07, 6.45) is -4.49. The van der Waals surface area contributed by atoms with Crippen LogP contribution in [0, 0.1) is 5.41 Å². The van der Waals surface area contributed by atoms with Crippen molar-refractivity contribution in [2.45, 2.75) is 24.2 Å². The van der Waals surface area contributed by atoms with Crippen molar-refractivity contribution in [3.8, 4) is 0 Å². The van der Waals surface area contributed by atoms with Crippen LogP contribution in [0.2, 0.25) is 0 Å². The van der Waals surface area contributed by atoms with Crippen molar-refractivity contribution in [1.82, 2.24) is 4.90 Å². The van der Waals surface area contributed by atoms with Crippen molar-refractivity contribution in [2.24, 2.45) is 15.0 Å². The molecule has 0 spiro atoms. The monoisotopic (exact) mass is 285 g/mol. The molecular weight excluding hydrogens is 276 g/mol. The summed E-state index contributed by atoms with van der Waals surface area (Å²) in [6.45, 7) is 3.38. The maximum absolute atomic E-state index is 14.5. The Balaban J connectivity index is 1.98. The third-order valence-corrected chi connectivity index (χ3v) is 3.11. The van der Waals surface area contributed by atoms with E-state index in [1.165, 1.54) is 0 Å². The van der Waals surface area contributed by atoms with Crippen LogP contribution in [0.15, 0.2) is 27.3 Å². The van der Waals surface area contributed by atoms with Gasteiger partial charge in [0.25, 0.3) is 0 Å². The molecule has 3 aliphatic rings. The van der Waals surface area contributed by atoms with E-state index in [-0.39, 0.29) is 5.76 Å². The van der Waals surface area contributed by atoms with E-state index in [1.54, 1.807) is 0 Å². The number of ether oxygens (including phenoxy) is 1. The summed E-state index contributed by atoms with van der Waals surface area (Å²) in [5, 5.41) is 26.7. The molecule has 0 bridgehead atoms. The fourth-order valence-corrected chi connectivity index (χ4v) is 2.05. The van der Waals surface area contributed by atoms with Crippen LogP contribution in [-0.4, -0.2) is 63.4 Å². The number of amidine groups is 3. The first kappa shape index (κ1) is 12.8. The Bertz CT molecular complexity index is 604. The van der Waals surface area contributed by atoms with Gasteiger partial charge in [-0.05, 0) is 0 Å². The summed E-state index contributed by atoms with van der Waals surface area (Å²) in [6, 6.07) is 0. The van der Waals surface area contributed by atoms with Crippen LogP contribution < -0.4 is 0 Å². The zero-order valence-corrected chi connectivity index (χ0v) is 9.86. The van der Waals surface area contributed by atoms with Crippen molar-refractivity contribution in [3.05, 3.63) is 12.3 Å². The molecule has 0 amide bonds. The van der Waals surface area contributed by atoms with E-state index in [0.29, 0.717) is 0 Å². The normalized spacial score (nSPS) is 39.6. The SMILES string of the molecule is C=C1O[C@@H](N2C=NC3(F)C(=N)N=C(F)N=C23)[C@H](O)[C@@H]1O. The summed E-state index contributed by atoms with van der Waals surface area (Å²) < 4.78 is 32.7. The lowest BCUT2D eigenvalue weighted by Gasteiger charge is -2.28. The van der Waals surface area contributed by atoms with Gasteiger partial charge in [0.1, 0.15) is 18.0 Å². The second-order valence-electron chi connectivity index (χ2n) is 4.35. The molecule has 1 saturated heterocycles. The number of aliphatic hydroxyl groups excluding tert-OH is 2. The van der Waals surface area contributed by atoms with Crippen molar-refractivity contribution >= 4 is 24.1 Å². The van der Waals surface area contributed by atoms with Crippen molar-refractivity contribution in [3.63, 3.8) is 0 Å². The van der Waals surface area contributed by atoms with Gasteiger partial charge < -0.3 is 14.9 Å². The molecule has 4 atom stereocenters. The van der Waals surface area contributed by atoms with Crippen LogP contribution in [0.5, 0.6) is 0 Å². The summed E-state index contributed by atoms with van der Waals surface area (Å²) in [5.74, 6) is -4.41.